The smallest absolute Gasteiger partial charge is 0.228 e. The molecule has 0 aliphatic rings. The SMILES string of the molecule is CCCCNC(=NC)NCCc1nc(C)no1.I. The topological polar surface area (TPSA) is 75.3 Å². The lowest BCUT2D eigenvalue weighted by Crippen LogP contribution is -2.38. The third-order valence-electron chi connectivity index (χ3n) is 2.25. The van der Waals surface area contributed by atoms with Crippen LogP contribution in [0.1, 0.15) is 31.5 Å². The van der Waals surface area contributed by atoms with Crippen LogP contribution in [0.5, 0.6) is 0 Å². The Hall–Kier alpha value is -0.860. The summed E-state index contributed by atoms with van der Waals surface area (Å²) in [4.78, 5) is 8.25. The van der Waals surface area contributed by atoms with Crippen LogP contribution in [0.25, 0.3) is 0 Å². The molecule has 0 amide bonds. The third kappa shape index (κ3) is 6.77. The average Bonchev–Trinajstić information content (AvgIpc) is 2.73. The van der Waals surface area contributed by atoms with Crippen molar-refractivity contribution < 1.29 is 4.52 Å². The lowest BCUT2D eigenvalue weighted by molar-refractivity contribution is 0.374. The molecule has 0 unspecified atom stereocenters. The highest BCUT2D eigenvalue weighted by molar-refractivity contribution is 14.0. The summed E-state index contributed by atoms with van der Waals surface area (Å²) in [7, 11) is 1.76. The van der Waals surface area contributed by atoms with E-state index >= 15 is 0 Å². The van der Waals surface area contributed by atoms with Crippen molar-refractivity contribution in [3.63, 3.8) is 0 Å². The van der Waals surface area contributed by atoms with Gasteiger partial charge in [0.25, 0.3) is 0 Å². The predicted octanol–water partition coefficient (Wildman–Crippen LogP) is 1.50. The number of nitrogens with one attached hydrogen (secondary N) is 2. The number of hydrogen-bond donors (Lipinski definition) is 2. The summed E-state index contributed by atoms with van der Waals surface area (Å²) in [5.74, 6) is 2.14. The highest BCUT2D eigenvalue weighted by atomic mass is 127. The molecular formula is C11H22IN5O. The van der Waals surface area contributed by atoms with E-state index in [0.717, 1.165) is 25.5 Å². The van der Waals surface area contributed by atoms with E-state index in [2.05, 4.69) is 32.7 Å². The minimum atomic E-state index is 0. The Morgan fingerprint density at radius 1 is 1.33 bits per heavy atom. The molecule has 0 spiro atoms. The molecule has 18 heavy (non-hydrogen) atoms. The molecule has 2 N–H and O–H groups in total. The molecule has 6 nitrogen and oxygen atoms in total. The number of halogens is 1. The molecule has 0 bridgehead atoms. The first-order chi connectivity index (χ1) is 8.26. The molecule has 0 aromatic carbocycles. The van der Waals surface area contributed by atoms with E-state index in [9.17, 15) is 0 Å². The van der Waals surface area contributed by atoms with E-state index in [1.807, 2.05) is 6.92 Å². The van der Waals surface area contributed by atoms with E-state index in [1.165, 1.54) is 6.42 Å². The van der Waals surface area contributed by atoms with Crippen molar-refractivity contribution in [2.24, 2.45) is 4.99 Å². The zero-order chi connectivity index (χ0) is 12.5. The van der Waals surface area contributed by atoms with Gasteiger partial charge in [-0.3, -0.25) is 4.99 Å². The van der Waals surface area contributed by atoms with Crippen molar-refractivity contribution in [1.29, 1.82) is 0 Å². The molecule has 104 valence electrons. The second-order valence-electron chi connectivity index (χ2n) is 3.76. The molecule has 0 aliphatic carbocycles. The Kier molecular flexibility index (Phi) is 9.62. The molecular weight excluding hydrogens is 345 g/mol. The van der Waals surface area contributed by atoms with Gasteiger partial charge in [0.2, 0.25) is 5.89 Å². The zero-order valence-electron chi connectivity index (χ0n) is 11.2. The number of aliphatic imine (C=N–C) groups is 1. The lowest BCUT2D eigenvalue weighted by atomic mass is 10.3. The van der Waals surface area contributed by atoms with Crippen LogP contribution < -0.4 is 10.6 Å². The van der Waals surface area contributed by atoms with Crippen LogP contribution in [-0.2, 0) is 6.42 Å². The molecule has 0 saturated carbocycles. The molecule has 7 heteroatoms. The van der Waals surface area contributed by atoms with Crippen LogP contribution in [0.3, 0.4) is 0 Å². The van der Waals surface area contributed by atoms with Crippen molar-refractivity contribution in [1.82, 2.24) is 20.8 Å². The Labute approximate surface area is 125 Å². The Morgan fingerprint density at radius 3 is 2.61 bits per heavy atom. The molecule has 1 aromatic rings. The van der Waals surface area contributed by atoms with Crippen LogP contribution in [-0.4, -0.2) is 36.2 Å². The fourth-order valence-electron chi connectivity index (χ4n) is 1.33. The lowest BCUT2D eigenvalue weighted by Gasteiger charge is -2.10. The number of hydrogen-bond acceptors (Lipinski definition) is 4. The Balaban J connectivity index is 0.00000289. The van der Waals surface area contributed by atoms with E-state index in [-0.39, 0.29) is 24.0 Å². The van der Waals surface area contributed by atoms with Crippen molar-refractivity contribution in [2.45, 2.75) is 33.1 Å². The normalized spacial score (nSPS) is 10.9. The van der Waals surface area contributed by atoms with E-state index in [4.69, 9.17) is 4.52 Å². The van der Waals surface area contributed by atoms with Crippen molar-refractivity contribution in [3.05, 3.63) is 11.7 Å². The molecule has 0 fully saturated rings. The fraction of sp³-hybridized carbons (Fsp3) is 0.727. The summed E-state index contributed by atoms with van der Waals surface area (Å²) >= 11 is 0. The van der Waals surface area contributed by atoms with Crippen LogP contribution >= 0.6 is 24.0 Å². The van der Waals surface area contributed by atoms with Gasteiger partial charge >= 0.3 is 0 Å². The number of unbranched alkanes of at least 4 members (excludes halogenated alkanes) is 1. The molecule has 1 aromatic heterocycles. The molecule has 1 rings (SSSR count). The predicted molar refractivity (Wildman–Crippen MR) is 82.4 cm³/mol. The summed E-state index contributed by atoms with van der Waals surface area (Å²) in [5, 5.41) is 10.2. The van der Waals surface area contributed by atoms with Crippen molar-refractivity contribution >= 4 is 29.9 Å². The standard InChI is InChI=1S/C11H21N5O.HI/c1-4-5-7-13-11(12-3)14-8-6-10-15-9(2)16-17-10;/h4-8H2,1-3H3,(H2,12,13,14);1H. The Bertz CT molecular complexity index is 353. The maximum Gasteiger partial charge on any atom is 0.228 e. The van der Waals surface area contributed by atoms with Crippen LogP contribution in [0, 0.1) is 6.92 Å². The molecule has 0 radical (unpaired) electrons. The largest absolute Gasteiger partial charge is 0.356 e. The first-order valence-electron chi connectivity index (χ1n) is 6.00. The summed E-state index contributed by atoms with van der Waals surface area (Å²) in [6, 6.07) is 0. The monoisotopic (exact) mass is 367 g/mol. The number of rotatable bonds is 6. The third-order valence-corrected chi connectivity index (χ3v) is 2.25. The minimum absolute atomic E-state index is 0. The van der Waals surface area contributed by atoms with Gasteiger partial charge < -0.3 is 15.2 Å². The highest BCUT2D eigenvalue weighted by Gasteiger charge is 2.02. The Morgan fingerprint density at radius 2 is 2.06 bits per heavy atom. The van der Waals surface area contributed by atoms with Gasteiger partial charge in [-0.2, -0.15) is 4.98 Å². The second-order valence-corrected chi connectivity index (χ2v) is 3.76. The summed E-state index contributed by atoms with van der Waals surface area (Å²) < 4.78 is 5.02. The number of nitrogens with zero attached hydrogens (tertiary/aromatic N) is 3. The van der Waals surface area contributed by atoms with E-state index < -0.39 is 0 Å². The number of guanidine groups is 1. The van der Waals surface area contributed by atoms with Gasteiger partial charge in [0.15, 0.2) is 11.8 Å². The van der Waals surface area contributed by atoms with E-state index in [1.54, 1.807) is 7.05 Å². The van der Waals surface area contributed by atoms with Gasteiger partial charge in [0.05, 0.1) is 0 Å². The zero-order valence-corrected chi connectivity index (χ0v) is 13.5. The summed E-state index contributed by atoms with van der Waals surface area (Å²) in [6.45, 7) is 5.64. The maximum absolute atomic E-state index is 5.02. The van der Waals surface area contributed by atoms with E-state index in [0.29, 0.717) is 18.1 Å². The van der Waals surface area contributed by atoms with Crippen molar-refractivity contribution in [3.8, 4) is 0 Å². The molecule has 0 saturated heterocycles. The minimum Gasteiger partial charge on any atom is -0.356 e. The molecule has 0 aliphatic heterocycles. The van der Waals surface area contributed by atoms with Gasteiger partial charge in [0.1, 0.15) is 0 Å². The summed E-state index contributed by atoms with van der Waals surface area (Å²) in [5.41, 5.74) is 0. The van der Waals surface area contributed by atoms with Crippen LogP contribution in [0.2, 0.25) is 0 Å². The van der Waals surface area contributed by atoms with Gasteiger partial charge in [0, 0.05) is 26.6 Å². The fourth-order valence-corrected chi connectivity index (χ4v) is 1.33. The van der Waals surface area contributed by atoms with Crippen LogP contribution in [0.4, 0.5) is 0 Å². The first kappa shape index (κ1) is 17.1. The number of aromatic nitrogens is 2. The quantitative estimate of drug-likeness (QED) is 0.345. The van der Waals surface area contributed by atoms with Gasteiger partial charge in [-0.1, -0.05) is 18.5 Å². The number of aryl methyl sites for hydroxylation is 1. The maximum atomic E-state index is 5.02. The van der Waals surface area contributed by atoms with Crippen LogP contribution in [0.15, 0.2) is 9.52 Å². The summed E-state index contributed by atoms with van der Waals surface area (Å²) in [6.07, 6.45) is 3.02. The van der Waals surface area contributed by atoms with Crippen molar-refractivity contribution in [2.75, 3.05) is 20.1 Å². The second kappa shape index (κ2) is 10.1. The van der Waals surface area contributed by atoms with Gasteiger partial charge in [-0.25, -0.2) is 0 Å². The molecule has 1 heterocycles. The average molecular weight is 367 g/mol. The first-order valence-corrected chi connectivity index (χ1v) is 6.00. The highest BCUT2D eigenvalue weighted by Crippen LogP contribution is 1.95. The van der Waals surface area contributed by atoms with Gasteiger partial charge in [-0.15, -0.1) is 24.0 Å². The molecule has 0 atom stereocenters. The van der Waals surface area contributed by atoms with Gasteiger partial charge in [-0.05, 0) is 13.3 Å².